The second-order valence-corrected chi connectivity index (χ2v) is 5.08. The molecule has 24 heavy (non-hydrogen) atoms. The van der Waals surface area contributed by atoms with Crippen LogP contribution in [0, 0.1) is 0 Å². The highest BCUT2D eigenvalue weighted by atomic mass is 15.1. The Morgan fingerprint density at radius 3 is 2.25 bits per heavy atom. The fourth-order valence-electron chi connectivity index (χ4n) is 2.65. The summed E-state index contributed by atoms with van der Waals surface area (Å²) in [6, 6.07) is 20.6. The Bertz CT molecular complexity index is 909. The van der Waals surface area contributed by atoms with Crippen LogP contribution in [0.1, 0.15) is 11.4 Å². The van der Waals surface area contributed by atoms with Crippen molar-refractivity contribution in [1.29, 1.82) is 0 Å². The number of imidazole rings is 1. The van der Waals surface area contributed by atoms with E-state index in [1.165, 1.54) is 0 Å². The zero-order valence-electron chi connectivity index (χ0n) is 13.4. The fraction of sp³-hybridized carbons (Fsp3) is 0. The number of rotatable bonds is 2. The third-order valence-electron chi connectivity index (χ3n) is 3.65. The summed E-state index contributed by atoms with van der Waals surface area (Å²) in [7, 11) is 0. The summed E-state index contributed by atoms with van der Waals surface area (Å²) in [6.07, 6.45) is 7.89. The summed E-state index contributed by atoms with van der Waals surface area (Å²) < 4.78 is 2.18. The Kier molecular flexibility index (Phi) is 4.71. The van der Waals surface area contributed by atoms with E-state index in [-0.39, 0.29) is 0 Å². The molecule has 0 aliphatic heterocycles. The van der Waals surface area contributed by atoms with Crippen LogP contribution in [0.3, 0.4) is 0 Å². The molecule has 0 N–H and O–H groups in total. The molecule has 0 spiro atoms. The van der Waals surface area contributed by atoms with Crippen molar-refractivity contribution in [3.8, 4) is 17.1 Å². The number of hydrogen-bond donors (Lipinski definition) is 0. The smallest absolute Gasteiger partial charge is 0.145 e. The summed E-state index contributed by atoms with van der Waals surface area (Å²) in [5.74, 6) is 0.946. The van der Waals surface area contributed by atoms with Crippen molar-refractivity contribution in [3.05, 3.63) is 103 Å². The first-order valence-electron chi connectivity index (χ1n) is 7.76. The quantitative estimate of drug-likeness (QED) is 0.449. The van der Waals surface area contributed by atoms with E-state index in [1.807, 2.05) is 60.7 Å². The minimum Gasteiger partial charge on any atom is -0.292 e. The van der Waals surface area contributed by atoms with Gasteiger partial charge in [0.05, 0.1) is 11.4 Å². The molecule has 0 bridgehead atoms. The highest BCUT2D eigenvalue weighted by Gasteiger charge is 2.16. The first-order valence-corrected chi connectivity index (χ1v) is 7.76. The van der Waals surface area contributed by atoms with Gasteiger partial charge in [-0.3, -0.25) is 4.57 Å². The van der Waals surface area contributed by atoms with Crippen molar-refractivity contribution in [3.63, 3.8) is 0 Å². The molecule has 2 heteroatoms. The van der Waals surface area contributed by atoms with E-state index in [0.29, 0.717) is 0 Å². The highest BCUT2D eigenvalue weighted by molar-refractivity contribution is 5.71. The van der Waals surface area contributed by atoms with Crippen LogP contribution in [-0.4, -0.2) is 9.55 Å². The molecule has 1 aliphatic rings. The van der Waals surface area contributed by atoms with Gasteiger partial charge in [-0.15, -0.1) is 18.9 Å². The zero-order valence-corrected chi connectivity index (χ0v) is 13.4. The lowest BCUT2D eigenvalue weighted by molar-refractivity contribution is 1.05. The van der Waals surface area contributed by atoms with Gasteiger partial charge < -0.3 is 0 Å². The topological polar surface area (TPSA) is 17.8 Å². The van der Waals surface area contributed by atoms with Crippen molar-refractivity contribution in [2.75, 3.05) is 0 Å². The normalized spacial score (nSPS) is 11.3. The molecule has 0 amide bonds. The molecule has 0 atom stereocenters. The molecule has 3 aromatic rings. The van der Waals surface area contributed by atoms with E-state index in [1.54, 1.807) is 0 Å². The first kappa shape index (κ1) is 15.5. The van der Waals surface area contributed by atoms with Crippen LogP contribution < -0.4 is 0 Å². The Hall–Kier alpha value is -3.35. The van der Waals surface area contributed by atoms with Crippen LogP contribution in [0.25, 0.3) is 29.2 Å². The van der Waals surface area contributed by atoms with Crippen molar-refractivity contribution < 1.29 is 0 Å². The van der Waals surface area contributed by atoms with Crippen LogP contribution in [-0.2, 0) is 0 Å². The van der Waals surface area contributed by atoms with E-state index in [4.69, 9.17) is 4.98 Å². The zero-order chi connectivity index (χ0) is 16.8. The number of fused-ring (bicyclic) bond motifs is 1. The van der Waals surface area contributed by atoms with Gasteiger partial charge >= 0.3 is 0 Å². The SMILES string of the molecule is C1=CC=Cc2nc(-c3ccccc3)n(-c3ccccc3)c2C=1.C=C. The van der Waals surface area contributed by atoms with Crippen LogP contribution in [0.2, 0.25) is 0 Å². The molecule has 4 rings (SSSR count). The molecule has 1 aliphatic carbocycles. The first-order chi connectivity index (χ1) is 11.9. The molecule has 0 saturated carbocycles. The second-order valence-electron chi connectivity index (χ2n) is 5.08. The van der Waals surface area contributed by atoms with Gasteiger partial charge in [0, 0.05) is 17.3 Å². The van der Waals surface area contributed by atoms with Gasteiger partial charge in [0.1, 0.15) is 5.82 Å². The lowest BCUT2D eigenvalue weighted by atomic mass is 10.2. The number of aromatic nitrogens is 2. The van der Waals surface area contributed by atoms with Gasteiger partial charge in [0.15, 0.2) is 0 Å². The summed E-state index contributed by atoms with van der Waals surface area (Å²) in [4.78, 5) is 4.84. The monoisotopic (exact) mass is 310 g/mol. The minimum atomic E-state index is 0.946. The van der Waals surface area contributed by atoms with Crippen molar-refractivity contribution in [2.45, 2.75) is 0 Å². The number of allylic oxidation sites excluding steroid dienone is 2. The minimum absolute atomic E-state index is 0.946. The lowest BCUT2D eigenvalue weighted by Crippen LogP contribution is -1.99. The standard InChI is InChI=1S/C20H14N2.C2H4/c1-4-10-16(11-5-1)20-21-18-14-8-3-9-15-19(18)22(20)17-12-6-2-7-13-17;1-2/h1-8,10-15H;1-2H2. The van der Waals surface area contributed by atoms with Crippen molar-refractivity contribution >= 4 is 12.2 Å². The second kappa shape index (κ2) is 7.28. The molecule has 0 radical (unpaired) electrons. The predicted octanol–water partition coefficient (Wildman–Crippen LogP) is 5.54. The Morgan fingerprint density at radius 1 is 0.875 bits per heavy atom. The molecular weight excluding hydrogens is 292 g/mol. The summed E-state index contributed by atoms with van der Waals surface area (Å²) in [5, 5.41) is 0. The third kappa shape index (κ3) is 2.91. The number of benzene rings is 2. The number of hydrogen-bond acceptors (Lipinski definition) is 1. The molecule has 0 fully saturated rings. The average molecular weight is 310 g/mol. The van der Waals surface area contributed by atoms with Gasteiger partial charge in [-0.25, -0.2) is 4.98 Å². The van der Waals surface area contributed by atoms with E-state index < -0.39 is 0 Å². The lowest BCUT2D eigenvalue weighted by Gasteiger charge is -2.10. The molecule has 1 aromatic heterocycles. The summed E-state index contributed by atoms with van der Waals surface area (Å²) in [6.45, 7) is 6.00. The third-order valence-corrected chi connectivity index (χ3v) is 3.65. The Morgan fingerprint density at radius 2 is 1.54 bits per heavy atom. The Labute approximate surface area is 142 Å². The molecule has 116 valence electrons. The van der Waals surface area contributed by atoms with E-state index >= 15 is 0 Å². The molecule has 1 heterocycles. The maximum atomic E-state index is 4.84. The van der Waals surface area contributed by atoms with Crippen molar-refractivity contribution in [1.82, 2.24) is 9.55 Å². The molecule has 0 saturated heterocycles. The van der Waals surface area contributed by atoms with Gasteiger partial charge in [-0.05, 0) is 24.3 Å². The molecular formula is C22H18N2. The highest BCUT2D eigenvalue weighted by Crippen LogP contribution is 2.28. The van der Waals surface area contributed by atoms with E-state index in [0.717, 1.165) is 28.5 Å². The van der Waals surface area contributed by atoms with Crippen molar-refractivity contribution in [2.24, 2.45) is 0 Å². The van der Waals surface area contributed by atoms with Crippen LogP contribution in [0.15, 0.2) is 91.7 Å². The van der Waals surface area contributed by atoms with Gasteiger partial charge in [0.2, 0.25) is 0 Å². The maximum absolute atomic E-state index is 4.84. The average Bonchev–Trinajstić information content (AvgIpc) is 2.88. The van der Waals surface area contributed by atoms with E-state index in [9.17, 15) is 0 Å². The van der Waals surface area contributed by atoms with Gasteiger partial charge in [0.25, 0.3) is 0 Å². The molecule has 2 nitrogen and oxygen atoms in total. The number of para-hydroxylation sites is 1. The van der Waals surface area contributed by atoms with Crippen LogP contribution in [0.5, 0.6) is 0 Å². The van der Waals surface area contributed by atoms with E-state index in [2.05, 4.69) is 47.7 Å². The largest absolute Gasteiger partial charge is 0.292 e. The predicted molar refractivity (Wildman–Crippen MR) is 102 cm³/mol. The fourth-order valence-corrected chi connectivity index (χ4v) is 2.65. The van der Waals surface area contributed by atoms with Crippen LogP contribution >= 0.6 is 0 Å². The Balaban J connectivity index is 0.000000815. The van der Waals surface area contributed by atoms with Crippen LogP contribution in [0.4, 0.5) is 0 Å². The number of nitrogens with zero attached hydrogens (tertiary/aromatic N) is 2. The molecule has 0 unspecified atom stereocenters. The van der Waals surface area contributed by atoms with Gasteiger partial charge in [-0.2, -0.15) is 0 Å². The molecule has 2 aromatic carbocycles. The maximum Gasteiger partial charge on any atom is 0.145 e. The summed E-state index contributed by atoms with van der Waals surface area (Å²) in [5.41, 5.74) is 7.40. The summed E-state index contributed by atoms with van der Waals surface area (Å²) >= 11 is 0. The van der Waals surface area contributed by atoms with Gasteiger partial charge in [-0.1, -0.05) is 54.6 Å².